The first-order valence-electron chi connectivity index (χ1n) is 10.3. The van der Waals surface area contributed by atoms with Crippen LogP contribution in [-0.2, 0) is 15.7 Å². The number of ether oxygens (including phenoxy) is 4. The maximum atomic E-state index is 13.0. The van der Waals surface area contributed by atoms with Crippen molar-refractivity contribution in [1.82, 2.24) is 4.90 Å². The summed E-state index contributed by atoms with van der Waals surface area (Å²) < 4.78 is 61.1. The average molecular weight is 451 g/mol. The second-order valence-electron chi connectivity index (χ2n) is 7.71. The van der Waals surface area contributed by atoms with Crippen LogP contribution in [0.3, 0.4) is 0 Å². The molecule has 0 aromatic heterocycles. The summed E-state index contributed by atoms with van der Waals surface area (Å²) in [6.45, 7) is 1.06. The molecule has 6 nitrogen and oxygen atoms in total. The van der Waals surface area contributed by atoms with Gasteiger partial charge in [-0.1, -0.05) is 12.1 Å². The van der Waals surface area contributed by atoms with Crippen LogP contribution < -0.4 is 14.2 Å². The monoisotopic (exact) mass is 451 g/mol. The average Bonchev–Trinajstić information content (AvgIpc) is 3.30. The molecule has 2 aromatic rings. The summed E-state index contributed by atoms with van der Waals surface area (Å²) in [5.41, 5.74) is -0.0860. The zero-order valence-corrected chi connectivity index (χ0v) is 17.7. The molecule has 2 aromatic carbocycles. The highest BCUT2D eigenvalue weighted by Gasteiger charge is 2.52. The Kier molecular flexibility index (Phi) is 6.19. The Labute approximate surface area is 183 Å². The van der Waals surface area contributed by atoms with E-state index in [9.17, 15) is 18.0 Å². The summed E-state index contributed by atoms with van der Waals surface area (Å²) >= 11 is 0. The maximum absolute atomic E-state index is 13.0. The van der Waals surface area contributed by atoms with Crippen molar-refractivity contribution in [2.45, 2.75) is 37.3 Å². The minimum atomic E-state index is -4.45. The second kappa shape index (κ2) is 8.90. The Hall–Kier alpha value is -2.94. The molecule has 3 atom stereocenters. The molecule has 0 radical (unpaired) electrons. The van der Waals surface area contributed by atoms with Crippen LogP contribution in [0.2, 0.25) is 0 Å². The lowest BCUT2D eigenvalue weighted by Gasteiger charge is -2.47. The zero-order chi connectivity index (χ0) is 22.9. The number of hydrogen-bond donors (Lipinski definition) is 0. The first kappa shape index (κ1) is 22.3. The van der Waals surface area contributed by atoms with Crippen LogP contribution in [0.1, 0.15) is 30.0 Å². The third kappa shape index (κ3) is 4.21. The number of amides is 1. The summed E-state index contributed by atoms with van der Waals surface area (Å²) in [6, 6.07) is 9.17. The number of halogens is 3. The van der Waals surface area contributed by atoms with Crippen molar-refractivity contribution in [2.24, 2.45) is 0 Å². The second-order valence-corrected chi connectivity index (χ2v) is 7.71. The minimum Gasteiger partial charge on any atom is -0.493 e. The number of hydrogen-bond acceptors (Lipinski definition) is 5. The van der Waals surface area contributed by atoms with Gasteiger partial charge in [-0.05, 0) is 43.2 Å². The standard InChI is InChI=1S/C23H24F3NO5/c1-29-18-7-3-6-17(20(18)30-2)19-21(22(28)27(19)13-16-5-4-12-31-16)32-15-10-8-14(9-11-15)23(24,25)26/h3,6-11,16,19,21H,4-5,12-13H2,1-2H3/t16-,19+,21+/m0/s1. The normalized spacial score (nSPS) is 23.1. The number of alkyl halides is 3. The van der Waals surface area contributed by atoms with Crippen LogP contribution in [0, 0.1) is 0 Å². The van der Waals surface area contributed by atoms with Gasteiger partial charge in [-0.3, -0.25) is 4.79 Å². The summed E-state index contributed by atoms with van der Waals surface area (Å²) in [7, 11) is 3.03. The quantitative estimate of drug-likeness (QED) is 0.590. The van der Waals surface area contributed by atoms with E-state index in [-0.39, 0.29) is 17.8 Å². The van der Waals surface area contributed by atoms with Gasteiger partial charge in [-0.15, -0.1) is 0 Å². The van der Waals surface area contributed by atoms with Gasteiger partial charge in [-0.25, -0.2) is 0 Å². The molecule has 0 bridgehead atoms. The molecule has 1 amide bonds. The summed E-state index contributed by atoms with van der Waals surface area (Å²) in [4.78, 5) is 14.7. The molecule has 2 aliphatic heterocycles. The molecular formula is C23H24F3NO5. The van der Waals surface area contributed by atoms with Crippen LogP contribution in [-0.4, -0.2) is 50.4 Å². The summed E-state index contributed by atoms with van der Waals surface area (Å²) in [6.07, 6.45) is -3.62. The van der Waals surface area contributed by atoms with Gasteiger partial charge in [0, 0.05) is 18.7 Å². The van der Waals surface area contributed by atoms with Crippen molar-refractivity contribution in [1.29, 1.82) is 0 Å². The Morgan fingerprint density at radius 1 is 1.09 bits per heavy atom. The fraction of sp³-hybridized carbons (Fsp3) is 0.435. The first-order chi connectivity index (χ1) is 15.3. The number of methoxy groups -OCH3 is 2. The Morgan fingerprint density at radius 2 is 1.84 bits per heavy atom. The van der Waals surface area contributed by atoms with Crippen molar-refractivity contribution in [3.8, 4) is 17.2 Å². The molecule has 2 fully saturated rings. The molecule has 2 saturated heterocycles. The van der Waals surface area contributed by atoms with Crippen LogP contribution in [0.25, 0.3) is 0 Å². The fourth-order valence-electron chi connectivity index (χ4n) is 4.19. The van der Waals surface area contributed by atoms with Crippen molar-refractivity contribution >= 4 is 5.91 Å². The van der Waals surface area contributed by atoms with Crippen LogP contribution >= 0.6 is 0 Å². The molecule has 4 rings (SSSR count). The molecular weight excluding hydrogens is 427 g/mol. The highest BCUT2D eigenvalue weighted by molar-refractivity contribution is 5.89. The van der Waals surface area contributed by atoms with Gasteiger partial charge < -0.3 is 23.8 Å². The lowest BCUT2D eigenvalue weighted by molar-refractivity contribution is -0.167. The third-order valence-corrected chi connectivity index (χ3v) is 5.77. The number of rotatable bonds is 7. The number of likely N-dealkylation sites (tertiary alicyclic amines) is 1. The van der Waals surface area contributed by atoms with Gasteiger partial charge >= 0.3 is 6.18 Å². The molecule has 0 spiro atoms. The topological polar surface area (TPSA) is 57.2 Å². The van der Waals surface area contributed by atoms with E-state index in [1.807, 2.05) is 6.07 Å². The van der Waals surface area contributed by atoms with Crippen molar-refractivity contribution in [3.63, 3.8) is 0 Å². The van der Waals surface area contributed by atoms with Crippen molar-refractivity contribution < 1.29 is 36.9 Å². The molecule has 0 saturated carbocycles. The Balaban J connectivity index is 1.63. The molecule has 0 unspecified atom stereocenters. The highest BCUT2D eigenvalue weighted by atomic mass is 19.4. The van der Waals surface area contributed by atoms with E-state index < -0.39 is 23.9 Å². The third-order valence-electron chi connectivity index (χ3n) is 5.77. The van der Waals surface area contributed by atoms with Gasteiger partial charge in [0.15, 0.2) is 11.5 Å². The molecule has 2 aliphatic rings. The zero-order valence-electron chi connectivity index (χ0n) is 17.7. The number of para-hydroxylation sites is 1. The highest BCUT2D eigenvalue weighted by Crippen LogP contribution is 2.45. The van der Waals surface area contributed by atoms with E-state index in [0.717, 1.165) is 25.0 Å². The van der Waals surface area contributed by atoms with E-state index in [2.05, 4.69) is 0 Å². The number of benzene rings is 2. The van der Waals surface area contributed by atoms with E-state index in [0.29, 0.717) is 30.2 Å². The lowest BCUT2D eigenvalue weighted by atomic mass is 9.89. The lowest BCUT2D eigenvalue weighted by Crippen LogP contribution is -2.62. The predicted molar refractivity (Wildman–Crippen MR) is 109 cm³/mol. The molecule has 32 heavy (non-hydrogen) atoms. The SMILES string of the molecule is COc1cccc([C@@H]2[C@@H](Oc3ccc(C(F)(F)F)cc3)C(=O)N2C[C@@H]2CCCO2)c1OC. The van der Waals surface area contributed by atoms with Crippen LogP contribution in [0.15, 0.2) is 42.5 Å². The number of β-lactam (4-membered cyclic amide) rings is 1. The van der Waals surface area contributed by atoms with Crippen LogP contribution in [0.4, 0.5) is 13.2 Å². The van der Waals surface area contributed by atoms with Crippen molar-refractivity contribution in [3.05, 3.63) is 53.6 Å². The van der Waals surface area contributed by atoms with Crippen molar-refractivity contribution in [2.75, 3.05) is 27.4 Å². The van der Waals surface area contributed by atoms with Gasteiger partial charge in [0.2, 0.25) is 6.10 Å². The molecule has 2 heterocycles. The first-order valence-corrected chi connectivity index (χ1v) is 10.3. The Morgan fingerprint density at radius 3 is 2.44 bits per heavy atom. The molecule has 0 aliphatic carbocycles. The van der Waals surface area contributed by atoms with E-state index in [1.165, 1.54) is 26.4 Å². The van der Waals surface area contributed by atoms with Gasteiger partial charge in [0.05, 0.1) is 25.9 Å². The smallest absolute Gasteiger partial charge is 0.416 e. The van der Waals surface area contributed by atoms with E-state index in [1.54, 1.807) is 17.0 Å². The fourth-order valence-corrected chi connectivity index (χ4v) is 4.19. The number of nitrogens with zero attached hydrogens (tertiary/aromatic N) is 1. The molecule has 9 heteroatoms. The maximum Gasteiger partial charge on any atom is 0.416 e. The number of carbonyl (C=O) groups is 1. The van der Waals surface area contributed by atoms with Gasteiger partial charge in [0.25, 0.3) is 5.91 Å². The van der Waals surface area contributed by atoms with E-state index >= 15 is 0 Å². The predicted octanol–water partition coefficient (Wildman–Crippen LogP) is 4.23. The Bertz CT molecular complexity index is 957. The van der Waals surface area contributed by atoms with E-state index in [4.69, 9.17) is 18.9 Å². The van der Waals surface area contributed by atoms with Gasteiger partial charge in [0.1, 0.15) is 11.8 Å². The van der Waals surface area contributed by atoms with Gasteiger partial charge in [-0.2, -0.15) is 13.2 Å². The summed E-state index contributed by atoms with van der Waals surface area (Å²) in [5, 5.41) is 0. The molecule has 0 N–H and O–H groups in total. The van der Waals surface area contributed by atoms with Crippen LogP contribution in [0.5, 0.6) is 17.2 Å². The largest absolute Gasteiger partial charge is 0.493 e. The molecule has 172 valence electrons. The summed E-state index contributed by atoms with van der Waals surface area (Å²) in [5.74, 6) is 0.913. The number of carbonyl (C=O) groups excluding carboxylic acids is 1. The minimum absolute atomic E-state index is 0.0647.